The molecule has 0 aromatic heterocycles. The molecule has 0 heterocycles. The zero-order chi connectivity index (χ0) is 19.6. The van der Waals surface area contributed by atoms with Crippen LogP contribution in [0.5, 0.6) is 5.75 Å². The van der Waals surface area contributed by atoms with Crippen LogP contribution in [-0.4, -0.2) is 67.0 Å². The van der Waals surface area contributed by atoms with Crippen LogP contribution in [0.15, 0.2) is 54.6 Å². The van der Waals surface area contributed by atoms with Gasteiger partial charge in [-0.1, -0.05) is 30.3 Å². The Morgan fingerprint density at radius 2 is 1.78 bits per heavy atom. The van der Waals surface area contributed by atoms with Crippen LogP contribution in [0.1, 0.15) is 15.9 Å². The lowest BCUT2D eigenvalue weighted by Crippen LogP contribution is -2.41. The summed E-state index contributed by atoms with van der Waals surface area (Å²) in [6, 6.07) is 16.5. The van der Waals surface area contributed by atoms with Crippen molar-refractivity contribution < 1.29 is 19.7 Å². The topological polar surface area (TPSA) is 82.0 Å². The number of rotatable bonds is 10. The van der Waals surface area contributed by atoms with Gasteiger partial charge in [0.15, 0.2) is 0 Å². The summed E-state index contributed by atoms with van der Waals surface area (Å²) in [4.78, 5) is 13.4. The first kappa shape index (κ1) is 20.9. The molecule has 2 aromatic carbocycles. The summed E-state index contributed by atoms with van der Waals surface area (Å²) < 4.78 is 5.52. The number of aliphatic hydroxyl groups excluding tert-OH is 2. The second kappa shape index (κ2) is 10.7. The van der Waals surface area contributed by atoms with E-state index in [-0.39, 0.29) is 25.2 Å². The van der Waals surface area contributed by atoms with Gasteiger partial charge in [0.2, 0.25) is 0 Å². The van der Waals surface area contributed by atoms with Crippen molar-refractivity contribution in [1.82, 2.24) is 10.2 Å². The van der Waals surface area contributed by atoms with Gasteiger partial charge in [-0.25, -0.2) is 0 Å². The summed E-state index contributed by atoms with van der Waals surface area (Å²) in [5.74, 6) is 0.669. The van der Waals surface area contributed by atoms with Crippen LogP contribution in [0.2, 0.25) is 0 Å². The fourth-order valence-electron chi connectivity index (χ4n) is 2.60. The maximum absolute atomic E-state index is 11.9. The molecular formula is C21H28N2O4. The van der Waals surface area contributed by atoms with E-state index >= 15 is 0 Å². The summed E-state index contributed by atoms with van der Waals surface area (Å²) in [5, 5.41) is 22.8. The molecule has 2 atom stereocenters. The molecule has 0 unspecified atom stereocenters. The van der Waals surface area contributed by atoms with Gasteiger partial charge < -0.3 is 25.2 Å². The SMILES string of the molecule is CN(C)C(=O)c1ccc(C[C@@H](CO)NC[C@H](O)COc2ccccc2)cc1. The summed E-state index contributed by atoms with van der Waals surface area (Å²) in [5.41, 5.74) is 1.64. The van der Waals surface area contributed by atoms with Crippen LogP contribution >= 0.6 is 0 Å². The minimum absolute atomic E-state index is 0.0417. The average molecular weight is 372 g/mol. The molecule has 0 aliphatic rings. The predicted octanol–water partition coefficient (Wildman–Crippen LogP) is 1.32. The van der Waals surface area contributed by atoms with Crippen molar-refractivity contribution in [3.8, 4) is 5.75 Å². The maximum atomic E-state index is 11.9. The second-order valence-electron chi connectivity index (χ2n) is 6.67. The van der Waals surface area contributed by atoms with E-state index in [0.29, 0.717) is 24.3 Å². The van der Waals surface area contributed by atoms with E-state index in [1.165, 1.54) is 4.90 Å². The zero-order valence-corrected chi connectivity index (χ0v) is 15.8. The molecule has 0 radical (unpaired) electrons. The van der Waals surface area contributed by atoms with E-state index in [1.54, 1.807) is 26.2 Å². The van der Waals surface area contributed by atoms with Gasteiger partial charge in [0.05, 0.1) is 6.61 Å². The van der Waals surface area contributed by atoms with Crippen molar-refractivity contribution in [2.75, 3.05) is 33.9 Å². The largest absolute Gasteiger partial charge is 0.491 e. The fourth-order valence-corrected chi connectivity index (χ4v) is 2.60. The van der Waals surface area contributed by atoms with Gasteiger partial charge in [-0.2, -0.15) is 0 Å². The van der Waals surface area contributed by atoms with Gasteiger partial charge in [-0.3, -0.25) is 4.79 Å². The number of benzene rings is 2. The third kappa shape index (κ3) is 7.02. The fraction of sp³-hybridized carbons (Fsp3) is 0.381. The highest BCUT2D eigenvalue weighted by Gasteiger charge is 2.13. The van der Waals surface area contributed by atoms with Crippen molar-refractivity contribution >= 4 is 5.91 Å². The van der Waals surface area contributed by atoms with Crippen molar-refractivity contribution in [3.63, 3.8) is 0 Å². The standard InChI is InChI=1S/C21H28N2O4/c1-23(2)21(26)17-10-8-16(9-11-17)12-18(14-24)22-13-19(25)15-27-20-6-4-3-5-7-20/h3-11,18-19,22,24-25H,12-15H2,1-2H3/t18-,19-/m0/s1. The van der Waals surface area contributed by atoms with Gasteiger partial charge in [-0.15, -0.1) is 0 Å². The second-order valence-corrected chi connectivity index (χ2v) is 6.67. The Morgan fingerprint density at radius 1 is 1.11 bits per heavy atom. The number of para-hydroxylation sites is 1. The monoisotopic (exact) mass is 372 g/mol. The van der Waals surface area contributed by atoms with Gasteiger partial charge in [0.25, 0.3) is 5.91 Å². The van der Waals surface area contributed by atoms with Gasteiger partial charge in [0, 0.05) is 32.2 Å². The maximum Gasteiger partial charge on any atom is 0.253 e. The summed E-state index contributed by atoms with van der Waals surface area (Å²) in [6.07, 6.45) is -0.0847. The van der Waals surface area contributed by atoms with Crippen LogP contribution < -0.4 is 10.1 Å². The molecule has 0 bridgehead atoms. The quantitative estimate of drug-likeness (QED) is 0.586. The van der Waals surface area contributed by atoms with Crippen molar-refractivity contribution in [2.45, 2.75) is 18.6 Å². The number of nitrogens with zero attached hydrogens (tertiary/aromatic N) is 1. The molecule has 0 fully saturated rings. The molecule has 6 nitrogen and oxygen atoms in total. The lowest BCUT2D eigenvalue weighted by molar-refractivity contribution is 0.0827. The molecular weight excluding hydrogens is 344 g/mol. The van der Waals surface area contributed by atoms with E-state index in [0.717, 1.165) is 5.56 Å². The molecule has 0 spiro atoms. The number of carbonyl (C=O) groups excluding carboxylic acids is 1. The van der Waals surface area contributed by atoms with Gasteiger partial charge in [0.1, 0.15) is 18.5 Å². The molecule has 2 aromatic rings. The number of nitrogens with one attached hydrogen (secondary N) is 1. The van der Waals surface area contributed by atoms with E-state index in [1.807, 2.05) is 42.5 Å². The van der Waals surface area contributed by atoms with Crippen molar-refractivity contribution in [1.29, 1.82) is 0 Å². The molecule has 1 amide bonds. The minimum Gasteiger partial charge on any atom is -0.491 e. The van der Waals surface area contributed by atoms with Crippen LogP contribution in [0.25, 0.3) is 0 Å². The van der Waals surface area contributed by atoms with Gasteiger partial charge in [-0.05, 0) is 36.2 Å². The van der Waals surface area contributed by atoms with E-state index in [4.69, 9.17) is 4.74 Å². The lowest BCUT2D eigenvalue weighted by atomic mass is 10.0. The first-order valence-corrected chi connectivity index (χ1v) is 9.00. The molecule has 0 saturated heterocycles. The number of aliphatic hydroxyl groups is 2. The van der Waals surface area contributed by atoms with Crippen LogP contribution in [0.3, 0.4) is 0 Å². The highest BCUT2D eigenvalue weighted by Crippen LogP contribution is 2.10. The third-order valence-electron chi connectivity index (χ3n) is 4.14. The molecule has 0 aliphatic heterocycles. The Kier molecular flexibility index (Phi) is 8.26. The Labute approximate surface area is 160 Å². The lowest BCUT2D eigenvalue weighted by Gasteiger charge is -2.19. The number of carbonyl (C=O) groups is 1. The normalized spacial score (nSPS) is 13.0. The Hall–Kier alpha value is -2.41. The van der Waals surface area contributed by atoms with Crippen molar-refractivity contribution in [3.05, 3.63) is 65.7 Å². The Morgan fingerprint density at radius 3 is 2.37 bits per heavy atom. The van der Waals surface area contributed by atoms with Crippen molar-refractivity contribution in [2.24, 2.45) is 0 Å². The first-order chi connectivity index (χ1) is 13.0. The number of amides is 1. The van der Waals surface area contributed by atoms with E-state index in [9.17, 15) is 15.0 Å². The molecule has 3 N–H and O–H groups in total. The first-order valence-electron chi connectivity index (χ1n) is 9.00. The Balaban J connectivity index is 1.78. The minimum atomic E-state index is -0.681. The van der Waals surface area contributed by atoms with E-state index in [2.05, 4.69) is 5.32 Å². The summed E-state index contributed by atoms with van der Waals surface area (Å²) >= 11 is 0. The summed E-state index contributed by atoms with van der Waals surface area (Å²) in [7, 11) is 3.43. The van der Waals surface area contributed by atoms with Crippen LogP contribution in [-0.2, 0) is 6.42 Å². The highest BCUT2D eigenvalue weighted by atomic mass is 16.5. The summed E-state index contributed by atoms with van der Waals surface area (Å²) in [6.45, 7) is 0.441. The zero-order valence-electron chi connectivity index (χ0n) is 15.8. The number of hydrogen-bond acceptors (Lipinski definition) is 5. The molecule has 6 heteroatoms. The molecule has 0 aliphatic carbocycles. The van der Waals surface area contributed by atoms with Crippen LogP contribution in [0, 0.1) is 0 Å². The highest BCUT2D eigenvalue weighted by molar-refractivity contribution is 5.93. The molecule has 2 rings (SSSR count). The third-order valence-corrected chi connectivity index (χ3v) is 4.14. The molecule has 27 heavy (non-hydrogen) atoms. The van der Waals surface area contributed by atoms with Gasteiger partial charge >= 0.3 is 0 Å². The molecule has 0 saturated carbocycles. The van der Waals surface area contributed by atoms with E-state index < -0.39 is 6.10 Å². The molecule has 146 valence electrons. The predicted molar refractivity (Wildman–Crippen MR) is 105 cm³/mol. The Bertz CT molecular complexity index is 689. The number of hydrogen-bond donors (Lipinski definition) is 3. The number of ether oxygens (including phenoxy) is 1. The smallest absolute Gasteiger partial charge is 0.253 e. The van der Waals surface area contributed by atoms with Crippen LogP contribution in [0.4, 0.5) is 0 Å². The average Bonchev–Trinajstić information content (AvgIpc) is 2.70.